The molecule has 1 heterocycles. The summed E-state index contributed by atoms with van der Waals surface area (Å²) in [7, 11) is 0. The Morgan fingerprint density at radius 2 is 2.10 bits per heavy atom. The van der Waals surface area contributed by atoms with Crippen molar-refractivity contribution in [2.75, 3.05) is 6.54 Å². The van der Waals surface area contributed by atoms with Crippen molar-refractivity contribution in [2.24, 2.45) is 0 Å². The van der Waals surface area contributed by atoms with Gasteiger partial charge < -0.3 is 5.32 Å². The normalized spacial score (nSPS) is 11.8. The standard InChI is InChI=1S/C13H13BrF3N3/c1-2-18-7-9-8-19-20(12(9)13(15,16)17)11-5-3-4-10(14)6-11/h3-6,8,18H,2,7H2,1H3. The second kappa shape index (κ2) is 5.97. The molecule has 0 atom stereocenters. The maximum Gasteiger partial charge on any atom is 0.433 e. The first-order chi connectivity index (χ1) is 9.43. The van der Waals surface area contributed by atoms with Crippen molar-refractivity contribution in [2.45, 2.75) is 19.6 Å². The van der Waals surface area contributed by atoms with E-state index in [1.165, 1.54) is 6.20 Å². The number of alkyl halides is 3. The maximum atomic E-state index is 13.3. The van der Waals surface area contributed by atoms with Gasteiger partial charge in [0.25, 0.3) is 0 Å². The molecule has 0 spiro atoms. The van der Waals surface area contributed by atoms with E-state index < -0.39 is 11.9 Å². The molecule has 0 unspecified atom stereocenters. The van der Waals surface area contributed by atoms with E-state index in [2.05, 4.69) is 26.3 Å². The summed E-state index contributed by atoms with van der Waals surface area (Å²) in [5.41, 5.74) is -0.231. The first kappa shape index (κ1) is 15.1. The molecule has 0 amide bonds. The Kier molecular flexibility index (Phi) is 4.49. The third kappa shape index (κ3) is 3.21. The molecular formula is C13H13BrF3N3. The van der Waals surface area contributed by atoms with Crippen molar-refractivity contribution in [1.29, 1.82) is 0 Å². The van der Waals surface area contributed by atoms with Gasteiger partial charge in [0.15, 0.2) is 5.69 Å². The van der Waals surface area contributed by atoms with Gasteiger partial charge in [-0.1, -0.05) is 28.9 Å². The van der Waals surface area contributed by atoms with Crippen molar-refractivity contribution >= 4 is 15.9 Å². The average molecular weight is 348 g/mol. The summed E-state index contributed by atoms with van der Waals surface area (Å²) in [6.45, 7) is 2.57. The molecule has 0 bridgehead atoms. The van der Waals surface area contributed by atoms with Gasteiger partial charge in [0.05, 0.1) is 11.9 Å². The number of halogens is 4. The molecule has 2 rings (SSSR count). The van der Waals surface area contributed by atoms with Crippen LogP contribution in [0.1, 0.15) is 18.2 Å². The Morgan fingerprint density at radius 1 is 1.35 bits per heavy atom. The third-order valence-corrected chi connectivity index (χ3v) is 3.22. The minimum Gasteiger partial charge on any atom is -0.313 e. The Labute approximate surface area is 122 Å². The fourth-order valence-corrected chi connectivity index (χ4v) is 2.26. The van der Waals surface area contributed by atoms with Crippen molar-refractivity contribution in [3.63, 3.8) is 0 Å². The van der Waals surface area contributed by atoms with Crippen LogP contribution in [0.15, 0.2) is 34.9 Å². The van der Waals surface area contributed by atoms with Crippen LogP contribution in [0.4, 0.5) is 13.2 Å². The molecule has 0 fully saturated rings. The highest BCUT2D eigenvalue weighted by molar-refractivity contribution is 9.10. The molecule has 7 heteroatoms. The lowest BCUT2D eigenvalue weighted by Gasteiger charge is -2.13. The number of rotatable bonds is 4. The van der Waals surface area contributed by atoms with Crippen molar-refractivity contribution < 1.29 is 13.2 Å². The average Bonchev–Trinajstić information content (AvgIpc) is 2.80. The first-order valence-corrected chi connectivity index (χ1v) is 6.83. The lowest BCUT2D eigenvalue weighted by Crippen LogP contribution is -2.19. The van der Waals surface area contributed by atoms with E-state index in [0.717, 1.165) is 4.68 Å². The predicted molar refractivity (Wildman–Crippen MR) is 73.6 cm³/mol. The summed E-state index contributed by atoms with van der Waals surface area (Å²) in [5, 5.41) is 6.77. The van der Waals surface area contributed by atoms with Gasteiger partial charge in [-0.25, -0.2) is 4.68 Å². The number of benzene rings is 1. The van der Waals surface area contributed by atoms with Crippen LogP contribution in [0.25, 0.3) is 5.69 Å². The zero-order chi connectivity index (χ0) is 14.8. The number of aromatic nitrogens is 2. The molecule has 20 heavy (non-hydrogen) atoms. The number of nitrogens with one attached hydrogen (secondary N) is 1. The molecule has 0 saturated heterocycles. The molecule has 1 aromatic heterocycles. The van der Waals surface area contributed by atoms with Crippen molar-refractivity contribution in [3.05, 3.63) is 46.2 Å². The fourth-order valence-electron chi connectivity index (χ4n) is 1.88. The minimum atomic E-state index is -4.45. The van der Waals surface area contributed by atoms with E-state index in [-0.39, 0.29) is 12.1 Å². The van der Waals surface area contributed by atoms with Crippen LogP contribution in [0.3, 0.4) is 0 Å². The Balaban J connectivity index is 2.51. The molecular weight excluding hydrogens is 335 g/mol. The molecule has 1 aromatic carbocycles. The van der Waals surface area contributed by atoms with Crippen molar-refractivity contribution in [1.82, 2.24) is 15.1 Å². The summed E-state index contributed by atoms with van der Waals surface area (Å²) in [6, 6.07) is 6.61. The molecule has 0 aliphatic rings. The van der Waals surface area contributed by atoms with Gasteiger partial charge >= 0.3 is 6.18 Å². The second-order valence-electron chi connectivity index (χ2n) is 4.19. The van der Waals surface area contributed by atoms with Gasteiger partial charge in [-0.2, -0.15) is 18.3 Å². The lowest BCUT2D eigenvalue weighted by molar-refractivity contribution is -0.143. The van der Waals surface area contributed by atoms with Gasteiger partial charge in [-0.05, 0) is 24.7 Å². The minimum absolute atomic E-state index is 0.138. The number of hydrogen-bond acceptors (Lipinski definition) is 2. The molecule has 0 aliphatic carbocycles. The summed E-state index contributed by atoms with van der Waals surface area (Å²) in [5.74, 6) is 0. The van der Waals surface area contributed by atoms with E-state index >= 15 is 0 Å². The highest BCUT2D eigenvalue weighted by Gasteiger charge is 2.38. The monoisotopic (exact) mass is 347 g/mol. The van der Waals surface area contributed by atoms with Crippen LogP contribution in [-0.4, -0.2) is 16.3 Å². The molecule has 0 aliphatic heterocycles. The Morgan fingerprint density at radius 3 is 2.70 bits per heavy atom. The van der Waals surface area contributed by atoms with Gasteiger partial charge in [0.2, 0.25) is 0 Å². The number of hydrogen-bond donors (Lipinski definition) is 1. The van der Waals surface area contributed by atoms with E-state index in [1.54, 1.807) is 24.3 Å². The van der Waals surface area contributed by atoms with Crippen molar-refractivity contribution in [3.8, 4) is 5.69 Å². The van der Waals surface area contributed by atoms with E-state index in [4.69, 9.17) is 0 Å². The summed E-state index contributed by atoms with van der Waals surface area (Å²) in [4.78, 5) is 0. The van der Waals surface area contributed by atoms with Gasteiger partial charge in [0.1, 0.15) is 0 Å². The number of nitrogens with zero attached hydrogens (tertiary/aromatic N) is 2. The fraction of sp³-hybridized carbons (Fsp3) is 0.308. The summed E-state index contributed by atoms with van der Waals surface area (Å²) >= 11 is 3.25. The third-order valence-electron chi connectivity index (χ3n) is 2.73. The van der Waals surface area contributed by atoms with Gasteiger partial charge in [-0.15, -0.1) is 0 Å². The second-order valence-corrected chi connectivity index (χ2v) is 5.10. The lowest BCUT2D eigenvalue weighted by atomic mass is 10.2. The Hall–Kier alpha value is -1.34. The van der Waals surface area contributed by atoms with Gasteiger partial charge in [0, 0.05) is 16.6 Å². The topological polar surface area (TPSA) is 29.9 Å². The molecule has 3 nitrogen and oxygen atoms in total. The van der Waals surface area contributed by atoms with Crippen LogP contribution >= 0.6 is 15.9 Å². The zero-order valence-corrected chi connectivity index (χ0v) is 12.3. The smallest absolute Gasteiger partial charge is 0.313 e. The highest BCUT2D eigenvalue weighted by atomic mass is 79.9. The molecule has 0 saturated carbocycles. The van der Waals surface area contributed by atoms with E-state index in [1.807, 2.05) is 6.92 Å². The molecule has 2 aromatic rings. The molecule has 1 N–H and O–H groups in total. The predicted octanol–water partition coefficient (Wildman–Crippen LogP) is 3.76. The maximum absolute atomic E-state index is 13.3. The first-order valence-electron chi connectivity index (χ1n) is 6.04. The summed E-state index contributed by atoms with van der Waals surface area (Å²) < 4.78 is 41.4. The van der Waals surface area contributed by atoms with Crippen LogP contribution in [0.2, 0.25) is 0 Å². The largest absolute Gasteiger partial charge is 0.433 e. The quantitative estimate of drug-likeness (QED) is 0.912. The summed E-state index contributed by atoms with van der Waals surface area (Å²) in [6.07, 6.45) is -3.20. The Bertz CT molecular complexity index is 593. The zero-order valence-electron chi connectivity index (χ0n) is 10.7. The highest BCUT2D eigenvalue weighted by Crippen LogP contribution is 2.33. The molecule has 0 radical (unpaired) electrons. The van der Waals surface area contributed by atoms with Crippen LogP contribution in [-0.2, 0) is 12.7 Å². The SMILES string of the molecule is CCNCc1cnn(-c2cccc(Br)c2)c1C(F)(F)F. The molecule has 108 valence electrons. The van der Waals surface area contributed by atoms with Gasteiger partial charge in [-0.3, -0.25) is 0 Å². The van der Waals surface area contributed by atoms with Crippen LogP contribution in [0, 0.1) is 0 Å². The van der Waals surface area contributed by atoms with Crippen LogP contribution in [0.5, 0.6) is 0 Å². The van der Waals surface area contributed by atoms with E-state index in [9.17, 15) is 13.2 Å². The van der Waals surface area contributed by atoms with E-state index in [0.29, 0.717) is 16.7 Å². The van der Waals surface area contributed by atoms with Crippen LogP contribution < -0.4 is 5.32 Å².